The number of nitrogens with zero attached hydrogens (tertiary/aromatic N) is 1. The first-order valence-electron chi connectivity index (χ1n) is 8.53. The molecule has 0 saturated carbocycles. The molecule has 0 aliphatic heterocycles. The number of aliphatic hydroxyl groups is 1. The average Bonchev–Trinajstić information content (AvgIpc) is 2.34. The number of unbranched alkanes of at least 4 members (excludes halogenated alkanes) is 5. The van der Waals surface area contributed by atoms with Gasteiger partial charge >= 0.3 is 6.09 Å². The molecule has 0 rings (SSSR count). The van der Waals surface area contributed by atoms with Gasteiger partial charge in [-0.15, -0.1) is 0 Å². The molecule has 0 aliphatic carbocycles. The SMILES string of the molecule is C=C(CC(C)O)N(CCCCCCCC)C(=O)OC(C)(C)C. The highest BCUT2D eigenvalue weighted by Crippen LogP contribution is 2.17. The van der Waals surface area contributed by atoms with Gasteiger partial charge in [0.15, 0.2) is 0 Å². The summed E-state index contributed by atoms with van der Waals surface area (Å²) in [6.45, 7) is 14.0. The van der Waals surface area contributed by atoms with Gasteiger partial charge in [0.2, 0.25) is 0 Å². The maximum absolute atomic E-state index is 12.3. The molecule has 0 bridgehead atoms. The molecule has 0 spiro atoms. The number of carbonyl (C=O) groups is 1. The Labute approximate surface area is 136 Å². The summed E-state index contributed by atoms with van der Waals surface area (Å²) in [6, 6.07) is 0. The van der Waals surface area contributed by atoms with Crippen molar-refractivity contribution in [2.75, 3.05) is 6.54 Å². The van der Waals surface area contributed by atoms with Crippen molar-refractivity contribution >= 4 is 6.09 Å². The van der Waals surface area contributed by atoms with Crippen molar-refractivity contribution in [3.05, 3.63) is 12.3 Å². The van der Waals surface area contributed by atoms with E-state index in [1.165, 1.54) is 25.7 Å². The summed E-state index contributed by atoms with van der Waals surface area (Å²) >= 11 is 0. The second-order valence-corrected chi connectivity index (χ2v) is 7.02. The molecular weight excluding hydrogens is 278 g/mol. The number of ether oxygens (including phenoxy) is 1. The summed E-state index contributed by atoms with van der Waals surface area (Å²) in [4.78, 5) is 13.9. The molecule has 0 radical (unpaired) electrons. The maximum atomic E-state index is 12.3. The van der Waals surface area contributed by atoms with Gasteiger partial charge in [0.1, 0.15) is 5.60 Å². The van der Waals surface area contributed by atoms with E-state index in [9.17, 15) is 9.90 Å². The lowest BCUT2D eigenvalue weighted by Gasteiger charge is -2.29. The molecule has 1 atom stereocenters. The molecule has 4 heteroatoms. The van der Waals surface area contributed by atoms with Gasteiger partial charge in [-0.25, -0.2) is 4.79 Å². The summed E-state index contributed by atoms with van der Waals surface area (Å²) in [6.07, 6.45) is 6.47. The van der Waals surface area contributed by atoms with Crippen LogP contribution in [0.25, 0.3) is 0 Å². The van der Waals surface area contributed by atoms with Gasteiger partial charge in [-0.05, 0) is 34.1 Å². The Kier molecular flexibility index (Phi) is 10.2. The van der Waals surface area contributed by atoms with E-state index in [0.717, 1.165) is 12.8 Å². The zero-order valence-electron chi connectivity index (χ0n) is 15.2. The van der Waals surface area contributed by atoms with E-state index in [1.54, 1.807) is 11.8 Å². The number of rotatable bonds is 10. The standard InChI is InChI=1S/C18H35NO3/c1-7-8-9-10-11-12-13-19(15(2)14-16(3)20)17(21)22-18(4,5)6/h16,20H,2,7-14H2,1,3-6H3. The van der Waals surface area contributed by atoms with Crippen LogP contribution < -0.4 is 0 Å². The molecule has 1 N–H and O–H groups in total. The molecule has 1 amide bonds. The van der Waals surface area contributed by atoms with Crippen LogP contribution in [-0.4, -0.2) is 34.3 Å². The van der Waals surface area contributed by atoms with Crippen molar-refractivity contribution in [2.24, 2.45) is 0 Å². The molecule has 130 valence electrons. The van der Waals surface area contributed by atoms with Crippen molar-refractivity contribution in [2.45, 2.75) is 91.3 Å². The van der Waals surface area contributed by atoms with Gasteiger partial charge in [0, 0.05) is 18.7 Å². The fourth-order valence-electron chi connectivity index (χ4n) is 2.20. The first-order valence-corrected chi connectivity index (χ1v) is 8.53. The van der Waals surface area contributed by atoms with Gasteiger partial charge < -0.3 is 9.84 Å². The van der Waals surface area contributed by atoms with Gasteiger partial charge in [0.05, 0.1) is 6.10 Å². The van der Waals surface area contributed by atoms with Crippen LogP contribution in [0.15, 0.2) is 12.3 Å². The summed E-state index contributed by atoms with van der Waals surface area (Å²) in [5, 5.41) is 9.52. The Morgan fingerprint density at radius 3 is 2.23 bits per heavy atom. The van der Waals surface area contributed by atoms with E-state index in [1.807, 2.05) is 20.8 Å². The van der Waals surface area contributed by atoms with E-state index < -0.39 is 11.7 Å². The smallest absolute Gasteiger partial charge is 0.414 e. The highest BCUT2D eigenvalue weighted by molar-refractivity contribution is 5.70. The van der Waals surface area contributed by atoms with Crippen LogP contribution in [0, 0.1) is 0 Å². The fraction of sp³-hybridized carbons (Fsp3) is 0.833. The van der Waals surface area contributed by atoms with Gasteiger partial charge in [-0.3, -0.25) is 4.90 Å². The highest BCUT2D eigenvalue weighted by Gasteiger charge is 2.24. The molecule has 1 unspecified atom stereocenters. The average molecular weight is 313 g/mol. The monoisotopic (exact) mass is 313 g/mol. The van der Waals surface area contributed by atoms with Crippen molar-refractivity contribution in [3.63, 3.8) is 0 Å². The summed E-state index contributed by atoms with van der Waals surface area (Å²) in [5.41, 5.74) is 0.0968. The minimum atomic E-state index is -0.526. The lowest BCUT2D eigenvalue weighted by atomic mass is 10.1. The van der Waals surface area contributed by atoms with Gasteiger partial charge in [0.25, 0.3) is 0 Å². The molecular formula is C18H35NO3. The Bertz CT molecular complexity index is 332. The minimum Gasteiger partial charge on any atom is -0.443 e. The molecule has 22 heavy (non-hydrogen) atoms. The topological polar surface area (TPSA) is 49.8 Å². The lowest BCUT2D eigenvalue weighted by molar-refractivity contribution is 0.0295. The molecule has 0 aliphatic rings. The molecule has 0 aromatic heterocycles. The number of hydrogen-bond donors (Lipinski definition) is 1. The third-order valence-electron chi connectivity index (χ3n) is 3.26. The number of aliphatic hydroxyl groups excluding tert-OH is 1. The van der Waals surface area contributed by atoms with Crippen LogP contribution >= 0.6 is 0 Å². The number of carbonyl (C=O) groups excluding carboxylic acids is 1. The zero-order chi connectivity index (χ0) is 17.2. The summed E-state index contributed by atoms with van der Waals surface area (Å²) < 4.78 is 5.44. The second-order valence-electron chi connectivity index (χ2n) is 7.02. The maximum Gasteiger partial charge on any atom is 0.414 e. The first kappa shape index (κ1) is 21.0. The zero-order valence-corrected chi connectivity index (χ0v) is 15.2. The minimum absolute atomic E-state index is 0.369. The quantitative estimate of drug-likeness (QED) is 0.585. The molecule has 0 saturated heterocycles. The van der Waals surface area contributed by atoms with E-state index in [-0.39, 0.29) is 6.09 Å². The van der Waals surface area contributed by atoms with Crippen LogP contribution in [0.3, 0.4) is 0 Å². The van der Waals surface area contributed by atoms with Crippen LogP contribution in [0.2, 0.25) is 0 Å². The Morgan fingerprint density at radius 2 is 1.73 bits per heavy atom. The summed E-state index contributed by atoms with van der Waals surface area (Å²) in [7, 11) is 0. The Balaban J connectivity index is 4.46. The van der Waals surface area contributed by atoms with Crippen LogP contribution in [0.5, 0.6) is 0 Å². The fourth-order valence-corrected chi connectivity index (χ4v) is 2.20. The third-order valence-corrected chi connectivity index (χ3v) is 3.26. The van der Waals surface area contributed by atoms with Crippen molar-refractivity contribution < 1.29 is 14.6 Å². The van der Waals surface area contributed by atoms with Gasteiger partial charge in [-0.2, -0.15) is 0 Å². The van der Waals surface area contributed by atoms with Crippen LogP contribution in [0.1, 0.15) is 79.6 Å². The highest BCUT2D eigenvalue weighted by atomic mass is 16.6. The second kappa shape index (κ2) is 10.7. The Morgan fingerprint density at radius 1 is 1.18 bits per heavy atom. The van der Waals surface area contributed by atoms with Crippen molar-refractivity contribution in [1.82, 2.24) is 4.90 Å². The van der Waals surface area contributed by atoms with Crippen LogP contribution in [-0.2, 0) is 4.74 Å². The number of amides is 1. The Hall–Kier alpha value is -1.03. The third kappa shape index (κ3) is 10.7. The van der Waals surface area contributed by atoms with Crippen molar-refractivity contribution in [1.29, 1.82) is 0 Å². The molecule has 0 heterocycles. The largest absolute Gasteiger partial charge is 0.443 e. The lowest BCUT2D eigenvalue weighted by Crippen LogP contribution is -2.37. The van der Waals surface area contributed by atoms with Gasteiger partial charge in [-0.1, -0.05) is 45.6 Å². The van der Waals surface area contributed by atoms with Crippen LogP contribution in [0.4, 0.5) is 4.79 Å². The normalized spacial score (nSPS) is 12.8. The number of hydrogen-bond acceptors (Lipinski definition) is 3. The van der Waals surface area contributed by atoms with E-state index >= 15 is 0 Å². The first-order chi connectivity index (χ1) is 10.2. The van der Waals surface area contributed by atoms with E-state index in [0.29, 0.717) is 18.7 Å². The molecule has 0 fully saturated rings. The van der Waals surface area contributed by atoms with Crippen molar-refractivity contribution in [3.8, 4) is 0 Å². The predicted octanol–water partition coefficient (Wildman–Crippen LogP) is 4.87. The molecule has 0 aromatic carbocycles. The molecule has 4 nitrogen and oxygen atoms in total. The van der Waals surface area contributed by atoms with E-state index in [2.05, 4.69) is 13.5 Å². The summed E-state index contributed by atoms with van der Waals surface area (Å²) in [5.74, 6) is 0. The predicted molar refractivity (Wildman–Crippen MR) is 91.8 cm³/mol. The molecule has 0 aromatic rings. The van der Waals surface area contributed by atoms with E-state index in [4.69, 9.17) is 4.74 Å².